The largest absolute Gasteiger partial charge is 0.496 e. The van der Waals surface area contributed by atoms with E-state index < -0.39 is 11.8 Å². The van der Waals surface area contributed by atoms with Crippen molar-refractivity contribution in [3.63, 3.8) is 0 Å². The van der Waals surface area contributed by atoms with Gasteiger partial charge in [0.05, 0.1) is 20.6 Å². The quantitative estimate of drug-likeness (QED) is 0.568. The van der Waals surface area contributed by atoms with Gasteiger partial charge in [0.25, 0.3) is 0 Å². The average molecular weight is 346 g/mol. The van der Waals surface area contributed by atoms with Gasteiger partial charge in [-0.2, -0.15) is 0 Å². The molecule has 0 atom stereocenters. The Balaban J connectivity index is 2.04. The summed E-state index contributed by atoms with van der Waals surface area (Å²) in [5.41, 5.74) is 1.55. The molecule has 0 amide bonds. The second-order valence-electron chi connectivity index (χ2n) is 5.39. The van der Waals surface area contributed by atoms with Crippen molar-refractivity contribution in [2.24, 2.45) is 0 Å². The zero-order valence-corrected chi connectivity index (χ0v) is 14.3. The number of halogens is 1. The lowest BCUT2D eigenvalue weighted by molar-refractivity contribution is -0.144. The van der Waals surface area contributed by atoms with Crippen LogP contribution >= 0.6 is 0 Å². The Morgan fingerprint density at radius 1 is 1.00 bits per heavy atom. The number of benzene rings is 2. The third-order valence-electron chi connectivity index (χ3n) is 3.64. The van der Waals surface area contributed by atoms with E-state index in [1.807, 2.05) is 0 Å². The fourth-order valence-electron chi connectivity index (χ4n) is 2.31. The number of esters is 1. The van der Waals surface area contributed by atoms with E-state index in [0.717, 1.165) is 0 Å². The van der Waals surface area contributed by atoms with Crippen LogP contribution in [0.4, 0.5) is 4.39 Å². The van der Waals surface area contributed by atoms with Gasteiger partial charge >= 0.3 is 5.97 Å². The number of hydrogen-bond acceptors (Lipinski definition) is 5. The van der Waals surface area contributed by atoms with E-state index in [1.54, 1.807) is 24.3 Å². The Morgan fingerprint density at radius 3 is 2.28 bits per heavy atom. The average Bonchev–Trinajstić information content (AvgIpc) is 2.60. The van der Waals surface area contributed by atoms with Crippen molar-refractivity contribution < 1.29 is 28.2 Å². The van der Waals surface area contributed by atoms with Crippen LogP contribution in [0.15, 0.2) is 36.4 Å². The molecule has 0 aromatic heterocycles. The van der Waals surface area contributed by atoms with Crippen LogP contribution in [0.5, 0.6) is 11.5 Å². The first-order valence-electron chi connectivity index (χ1n) is 7.60. The molecule has 0 unspecified atom stereocenters. The molecule has 25 heavy (non-hydrogen) atoms. The van der Waals surface area contributed by atoms with Gasteiger partial charge in [0.15, 0.2) is 17.3 Å². The number of carbonyl (C=O) groups excluding carboxylic acids is 2. The third kappa shape index (κ3) is 4.79. The lowest BCUT2D eigenvalue weighted by Gasteiger charge is -2.10. The number of hydrogen-bond donors (Lipinski definition) is 0. The minimum Gasteiger partial charge on any atom is -0.496 e. The molecule has 5 nitrogen and oxygen atoms in total. The summed E-state index contributed by atoms with van der Waals surface area (Å²) >= 11 is 0. The van der Waals surface area contributed by atoms with E-state index in [-0.39, 0.29) is 24.6 Å². The Hall–Kier alpha value is -2.89. The zero-order chi connectivity index (χ0) is 18.4. The molecule has 132 valence electrons. The summed E-state index contributed by atoms with van der Waals surface area (Å²) in [5.74, 6) is -0.508. The molecule has 6 heteroatoms. The SMILES string of the molecule is COc1ccc(COC(=O)Cc2cc(C(C)=O)ccc2OC)cc1F. The zero-order valence-electron chi connectivity index (χ0n) is 14.3. The first kappa shape index (κ1) is 18.4. The van der Waals surface area contributed by atoms with Gasteiger partial charge in [-0.1, -0.05) is 6.07 Å². The maximum absolute atomic E-state index is 13.6. The number of carbonyl (C=O) groups is 2. The summed E-state index contributed by atoms with van der Waals surface area (Å²) in [6.07, 6.45) is -0.0526. The molecule has 2 rings (SSSR count). The Kier molecular flexibility index (Phi) is 6.11. The van der Waals surface area contributed by atoms with Crippen molar-refractivity contribution in [3.05, 3.63) is 58.9 Å². The molecular formula is C19H19FO5. The minimum atomic E-state index is -0.521. The Morgan fingerprint density at radius 2 is 1.68 bits per heavy atom. The molecule has 0 heterocycles. The monoisotopic (exact) mass is 346 g/mol. The van der Waals surface area contributed by atoms with Gasteiger partial charge in [-0.25, -0.2) is 4.39 Å². The van der Waals surface area contributed by atoms with Crippen molar-refractivity contribution in [2.75, 3.05) is 14.2 Å². The van der Waals surface area contributed by atoms with Gasteiger partial charge in [0.1, 0.15) is 12.4 Å². The van der Waals surface area contributed by atoms with Crippen molar-refractivity contribution in [1.82, 2.24) is 0 Å². The van der Waals surface area contributed by atoms with Gasteiger partial charge in [0.2, 0.25) is 0 Å². The highest BCUT2D eigenvalue weighted by atomic mass is 19.1. The van der Waals surface area contributed by atoms with E-state index in [4.69, 9.17) is 14.2 Å². The number of rotatable bonds is 7. The molecule has 0 aliphatic heterocycles. The summed E-state index contributed by atoms with van der Waals surface area (Å²) in [4.78, 5) is 23.5. The minimum absolute atomic E-state index is 0.0526. The molecular weight excluding hydrogens is 327 g/mol. The van der Waals surface area contributed by atoms with E-state index >= 15 is 0 Å². The predicted molar refractivity (Wildman–Crippen MR) is 89.5 cm³/mol. The second kappa shape index (κ2) is 8.28. The molecule has 0 aliphatic rings. The van der Waals surface area contributed by atoms with Crippen molar-refractivity contribution in [3.8, 4) is 11.5 Å². The summed E-state index contributed by atoms with van der Waals surface area (Å²) in [7, 11) is 2.86. The third-order valence-corrected chi connectivity index (χ3v) is 3.64. The fraction of sp³-hybridized carbons (Fsp3) is 0.263. The van der Waals surface area contributed by atoms with E-state index in [2.05, 4.69) is 0 Å². The normalized spacial score (nSPS) is 10.2. The number of methoxy groups -OCH3 is 2. The van der Waals surface area contributed by atoms with Crippen LogP contribution in [0.2, 0.25) is 0 Å². The van der Waals surface area contributed by atoms with Gasteiger partial charge in [0, 0.05) is 11.1 Å². The topological polar surface area (TPSA) is 61.8 Å². The molecule has 0 bridgehead atoms. The van der Waals surface area contributed by atoms with Gasteiger partial charge in [-0.3, -0.25) is 9.59 Å². The van der Waals surface area contributed by atoms with Crippen molar-refractivity contribution in [1.29, 1.82) is 0 Å². The van der Waals surface area contributed by atoms with E-state index in [9.17, 15) is 14.0 Å². The first-order valence-corrected chi connectivity index (χ1v) is 7.60. The van der Waals surface area contributed by atoms with Crippen LogP contribution in [0.1, 0.15) is 28.4 Å². The van der Waals surface area contributed by atoms with Crippen molar-refractivity contribution in [2.45, 2.75) is 20.0 Å². The molecule has 0 saturated heterocycles. The smallest absolute Gasteiger partial charge is 0.310 e. The van der Waals surface area contributed by atoms with Crippen LogP contribution in [0.3, 0.4) is 0 Å². The Labute approximate surface area is 145 Å². The van der Waals surface area contributed by atoms with E-state index in [0.29, 0.717) is 22.4 Å². The van der Waals surface area contributed by atoms with Crippen LogP contribution < -0.4 is 9.47 Å². The maximum Gasteiger partial charge on any atom is 0.310 e. The molecule has 0 N–H and O–H groups in total. The van der Waals surface area contributed by atoms with Crippen LogP contribution in [-0.2, 0) is 22.6 Å². The maximum atomic E-state index is 13.6. The van der Waals surface area contributed by atoms with Crippen molar-refractivity contribution >= 4 is 11.8 Å². The molecule has 0 radical (unpaired) electrons. The highest BCUT2D eigenvalue weighted by Crippen LogP contribution is 2.22. The summed E-state index contributed by atoms with van der Waals surface area (Å²) in [5, 5.41) is 0. The molecule has 0 saturated carbocycles. The highest BCUT2D eigenvalue weighted by Gasteiger charge is 2.13. The number of ketones is 1. The molecule has 0 aliphatic carbocycles. The number of ether oxygens (including phenoxy) is 3. The van der Waals surface area contributed by atoms with Gasteiger partial charge in [-0.05, 0) is 42.8 Å². The Bertz CT molecular complexity index is 785. The molecule has 0 fully saturated rings. The highest BCUT2D eigenvalue weighted by molar-refractivity contribution is 5.94. The van der Waals surface area contributed by atoms with Crippen LogP contribution in [-0.4, -0.2) is 26.0 Å². The van der Waals surface area contributed by atoms with Gasteiger partial charge < -0.3 is 14.2 Å². The fourth-order valence-corrected chi connectivity index (χ4v) is 2.31. The van der Waals surface area contributed by atoms with E-state index in [1.165, 1.54) is 33.3 Å². The first-order chi connectivity index (χ1) is 11.9. The lowest BCUT2D eigenvalue weighted by atomic mass is 10.0. The molecule has 2 aromatic carbocycles. The molecule has 0 spiro atoms. The summed E-state index contributed by atoms with van der Waals surface area (Å²) < 4.78 is 28.8. The summed E-state index contributed by atoms with van der Waals surface area (Å²) in [6.45, 7) is 1.39. The lowest BCUT2D eigenvalue weighted by Crippen LogP contribution is -2.10. The second-order valence-corrected chi connectivity index (χ2v) is 5.39. The van der Waals surface area contributed by atoms with Crippen LogP contribution in [0.25, 0.3) is 0 Å². The molecule has 2 aromatic rings. The van der Waals surface area contributed by atoms with Gasteiger partial charge in [-0.15, -0.1) is 0 Å². The summed E-state index contributed by atoms with van der Waals surface area (Å²) in [6, 6.07) is 9.22. The number of Topliss-reactive ketones (excluding diaryl/α,β-unsaturated/α-hetero) is 1. The predicted octanol–water partition coefficient (Wildman–Crippen LogP) is 3.33. The standard InChI is InChI=1S/C19H19FO5/c1-12(21)14-5-7-17(23-2)15(9-14)10-19(22)25-11-13-4-6-18(24-3)16(20)8-13/h4-9H,10-11H2,1-3H3. The van der Waals surface area contributed by atoms with Crippen LogP contribution in [0, 0.1) is 5.82 Å².